The van der Waals surface area contributed by atoms with E-state index in [0.29, 0.717) is 30.2 Å². The molecule has 0 bridgehead atoms. The molecule has 0 saturated heterocycles. The number of halogens is 1. The van der Waals surface area contributed by atoms with Crippen molar-refractivity contribution in [1.29, 1.82) is 0 Å². The maximum Gasteiger partial charge on any atom is 0.307 e. The minimum absolute atomic E-state index is 0.265. The number of rotatable bonds is 5. The molecule has 1 aliphatic rings. The fraction of sp³-hybridized carbons (Fsp3) is 0.417. The van der Waals surface area contributed by atoms with E-state index in [1.54, 1.807) is 13.1 Å². The SMILES string of the molecule is Cc1cc(Nc2ncc(F)c(C)n2)cc(-c2cnc([C@]3(O)CC[C@@H](C(=O)O)C(C)(C)C3)s2)c1. The highest BCUT2D eigenvalue weighted by molar-refractivity contribution is 7.15. The Hall–Kier alpha value is -2.91. The Morgan fingerprint density at radius 2 is 1.97 bits per heavy atom. The van der Waals surface area contributed by atoms with Gasteiger partial charge in [-0.1, -0.05) is 19.9 Å². The second-order valence-electron chi connectivity index (χ2n) is 9.50. The van der Waals surface area contributed by atoms with Crippen LogP contribution in [-0.2, 0) is 10.4 Å². The summed E-state index contributed by atoms with van der Waals surface area (Å²) >= 11 is 1.41. The summed E-state index contributed by atoms with van der Waals surface area (Å²) in [6.45, 7) is 7.33. The summed E-state index contributed by atoms with van der Waals surface area (Å²) in [5.74, 6) is -1.45. The molecule has 1 saturated carbocycles. The molecule has 1 fully saturated rings. The van der Waals surface area contributed by atoms with Crippen LogP contribution in [0.4, 0.5) is 16.0 Å². The number of aliphatic hydroxyl groups is 1. The maximum absolute atomic E-state index is 13.5. The smallest absolute Gasteiger partial charge is 0.307 e. The van der Waals surface area contributed by atoms with E-state index in [0.717, 1.165) is 27.9 Å². The van der Waals surface area contributed by atoms with Gasteiger partial charge in [-0.05, 0) is 61.8 Å². The van der Waals surface area contributed by atoms with E-state index in [1.807, 2.05) is 39.0 Å². The standard InChI is InChI=1S/C24H27FN4O3S/c1-13-7-15(9-16(8-13)29-22-27-10-18(25)14(2)28-22)19-11-26-21(33-19)24(32)6-5-17(20(30)31)23(3,4)12-24/h7-11,17,32H,5-6,12H2,1-4H3,(H,30,31)(H,27,28,29)/t17-,24-/m0/s1. The van der Waals surface area contributed by atoms with Crippen LogP contribution in [0.3, 0.4) is 0 Å². The highest BCUT2D eigenvalue weighted by Crippen LogP contribution is 2.50. The van der Waals surface area contributed by atoms with E-state index in [-0.39, 0.29) is 5.69 Å². The van der Waals surface area contributed by atoms with Crippen LogP contribution in [0.1, 0.15) is 49.4 Å². The summed E-state index contributed by atoms with van der Waals surface area (Å²) in [7, 11) is 0. The number of carboxylic acid groups (broad SMARTS) is 1. The maximum atomic E-state index is 13.5. The van der Waals surface area contributed by atoms with E-state index in [9.17, 15) is 19.4 Å². The Balaban J connectivity index is 1.59. The van der Waals surface area contributed by atoms with Gasteiger partial charge >= 0.3 is 5.97 Å². The van der Waals surface area contributed by atoms with E-state index in [1.165, 1.54) is 11.3 Å². The third-order valence-electron chi connectivity index (χ3n) is 6.28. The fourth-order valence-corrected chi connectivity index (χ4v) is 5.66. The molecule has 0 radical (unpaired) electrons. The molecule has 2 heterocycles. The summed E-state index contributed by atoms with van der Waals surface area (Å²) in [4.78, 5) is 25.1. The van der Waals surface area contributed by atoms with Gasteiger partial charge < -0.3 is 15.5 Å². The first kappa shape index (κ1) is 23.3. The summed E-state index contributed by atoms with van der Waals surface area (Å²) in [6.07, 6.45) is 3.99. The molecule has 1 aromatic carbocycles. The highest BCUT2D eigenvalue weighted by atomic mass is 32.1. The first-order valence-corrected chi connectivity index (χ1v) is 11.6. The Kier molecular flexibility index (Phi) is 5.96. The van der Waals surface area contributed by atoms with Crippen molar-refractivity contribution in [3.8, 4) is 10.4 Å². The van der Waals surface area contributed by atoms with Crippen LogP contribution in [0, 0.1) is 31.0 Å². The quantitative estimate of drug-likeness (QED) is 0.470. The molecule has 3 aromatic rings. The molecule has 0 aliphatic heterocycles. The summed E-state index contributed by atoms with van der Waals surface area (Å²) in [5, 5.41) is 24.6. The second kappa shape index (κ2) is 8.46. The van der Waals surface area contributed by atoms with Crippen LogP contribution in [0.15, 0.2) is 30.6 Å². The predicted octanol–water partition coefficient (Wildman–Crippen LogP) is 5.20. The summed E-state index contributed by atoms with van der Waals surface area (Å²) in [6, 6.07) is 5.90. The van der Waals surface area contributed by atoms with Crippen molar-refractivity contribution in [2.75, 3.05) is 5.32 Å². The van der Waals surface area contributed by atoms with Crippen LogP contribution in [0.5, 0.6) is 0 Å². The number of aryl methyl sites for hydroxylation is 2. The number of nitrogens with one attached hydrogen (secondary N) is 1. The zero-order valence-corrected chi connectivity index (χ0v) is 19.8. The lowest BCUT2D eigenvalue weighted by Gasteiger charge is -2.44. The first-order valence-electron chi connectivity index (χ1n) is 10.8. The van der Waals surface area contributed by atoms with Gasteiger partial charge in [0, 0.05) is 11.9 Å². The van der Waals surface area contributed by atoms with E-state index >= 15 is 0 Å². The second-order valence-corrected chi connectivity index (χ2v) is 10.5. The molecule has 2 aromatic heterocycles. The summed E-state index contributed by atoms with van der Waals surface area (Å²) in [5.41, 5.74) is 1.25. The number of aliphatic carboxylic acids is 1. The van der Waals surface area contributed by atoms with Crippen LogP contribution in [0.25, 0.3) is 10.4 Å². The van der Waals surface area contributed by atoms with E-state index < -0.39 is 28.7 Å². The third-order valence-corrected chi connectivity index (χ3v) is 7.52. The number of carbonyl (C=O) groups is 1. The molecule has 2 atom stereocenters. The van der Waals surface area contributed by atoms with Crippen LogP contribution < -0.4 is 5.32 Å². The lowest BCUT2D eigenvalue weighted by molar-refractivity contribution is -0.154. The molecule has 0 spiro atoms. The van der Waals surface area contributed by atoms with Crippen molar-refractivity contribution < 1.29 is 19.4 Å². The van der Waals surface area contributed by atoms with Gasteiger partial charge in [-0.15, -0.1) is 11.3 Å². The van der Waals surface area contributed by atoms with Crippen molar-refractivity contribution in [3.63, 3.8) is 0 Å². The van der Waals surface area contributed by atoms with Gasteiger partial charge in [0.25, 0.3) is 0 Å². The number of carboxylic acids is 1. The Morgan fingerprint density at radius 3 is 2.64 bits per heavy atom. The van der Waals surface area contributed by atoms with Gasteiger partial charge in [-0.3, -0.25) is 4.79 Å². The number of benzene rings is 1. The Bertz CT molecular complexity index is 1210. The Morgan fingerprint density at radius 1 is 1.21 bits per heavy atom. The molecule has 33 heavy (non-hydrogen) atoms. The minimum atomic E-state index is -1.15. The van der Waals surface area contributed by atoms with E-state index in [2.05, 4.69) is 20.3 Å². The van der Waals surface area contributed by atoms with Gasteiger partial charge in [0.05, 0.1) is 22.7 Å². The molecule has 1 aliphatic carbocycles. The molecule has 174 valence electrons. The number of thiazole rings is 1. The lowest BCUT2D eigenvalue weighted by atomic mass is 9.63. The summed E-state index contributed by atoms with van der Waals surface area (Å²) < 4.78 is 13.5. The topological polar surface area (TPSA) is 108 Å². The Labute approximate surface area is 195 Å². The van der Waals surface area contributed by atoms with Crippen LogP contribution in [-0.4, -0.2) is 31.1 Å². The van der Waals surface area contributed by atoms with Gasteiger partial charge in [0.15, 0.2) is 5.82 Å². The number of hydrogen-bond donors (Lipinski definition) is 3. The number of hydrogen-bond acceptors (Lipinski definition) is 7. The van der Waals surface area contributed by atoms with Gasteiger partial charge in [-0.25, -0.2) is 19.3 Å². The van der Waals surface area contributed by atoms with Gasteiger partial charge in [0.2, 0.25) is 5.95 Å². The molecule has 0 unspecified atom stereocenters. The zero-order chi connectivity index (χ0) is 24.0. The van der Waals surface area contributed by atoms with Gasteiger partial charge in [0.1, 0.15) is 10.6 Å². The molecule has 9 heteroatoms. The molecule has 4 rings (SSSR count). The van der Waals surface area contributed by atoms with Gasteiger partial charge in [-0.2, -0.15) is 0 Å². The largest absolute Gasteiger partial charge is 0.481 e. The van der Waals surface area contributed by atoms with E-state index in [4.69, 9.17) is 0 Å². The number of anilines is 2. The fourth-order valence-electron chi connectivity index (χ4n) is 4.64. The first-order chi connectivity index (χ1) is 15.5. The molecule has 0 amide bonds. The third kappa shape index (κ3) is 4.74. The molecular weight excluding hydrogens is 443 g/mol. The average molecular weight is 471 g/mol. The van der Waals surface area contributed by atoms with Crippen molar-refractivity contribution in [2.24, 2.45) is 11.3 Å². The van der Waals surface area contributed by atoms with Crippen LogP contribution >= 0.6 is 11.3 Å². The van der Waals surface area contributed by atoms with Crippen molar-refractivity contribution in [1.82, 2.24) is 15.0 Å². The number of nitrogens with zero attached hydrogens (tertiary/aromatic N) is 3. The zero-order valence-electron chi connectivity index (χ0n) is 19.0. The van der Waals surface area contributed by atoms with Crippen LogP contribution in [0.2, 0.25) is 0 Å². The predicted molar refractivity (Wildman–Crippen MR) is 125 cm³/mol. The highest BCUT2D eigenvalue weighted by Gasteiger charge is 2.49. The molecule has 3 N–H and O–H groups in total. The van der Waals surface area contributed by atoms with Crippen molar-refractivity contribution in [3.05, 3.63) is 52.7 Å². The average Bonchev–Trinajstić information content (AvgIpc) is 3.20. The molecule has 7 nitrogen and oxygen atoms in total. The number of aromatic nitrogens is 3. The van der Waals surface area contributed by atoms with Crippen molar-refractivity contribution in [2.45, 2.75) is 52.6 Å². The minimum Gasteiger partial charge on any atom is -0.481 e. The molecular formula is C24H27FN4O3S. The normalized spacial score (nSPS) is 22.2. The lowest BCUT2D eigenvalue weighted by Crippen LogP contribution is -2.44. The van der Waals surface area contributed by atoms with Crippen molar-refractivity contribution >= 4 is 28.9 Å². The monoisotopic (exact) mass is 470 g/mol.